The zero-order chi connectivity index (χ0) is 56.7. The molecule has 0 radical (unpaired) electrons. The van der Waals surface area contributed by atoms with Crippen molar-refractivity contribution >= 4 is 74.3 Å². The number of aryl methyl sites for hydroxylation is 4. The summed E-state index contributed by atoms with van der Waals surface area (Å²) in [5.74, 6) is 0.933. The topological polar surface area (TPSA) is 39.9 Å². The van der Waals surface area contributed by atoms with Gasteiger partial charge in [0.25, 0.3) is 0 Å². The maximum atomic E-state index is 11.2. The Labute approximate surface area is 485 Å². The van der Waals surface area contributed by atoms with E-state index >= 15 is 0 Å². The number of aromatic hydroxyl groups is 1. The molecule has 0 amide bonds. The Morgan fingerprint density at radius 2 is 1.10 bits per heavy atom. The van der Waals surface area contributed by atoms with Gasteiger partial charge < -0.3 is 19.3 Å². The Morgan fingerprint density at radius 3 is 1.81 bits per heavy atom. The first kappa shape index (κ1) is 58.1. The molecule has 1 N–H and O–H groups in total. The van der Waals surface area contributed by atoms with Crippen LogP contribution in [0.1, 0.15) is 180 Å². The molecule has 0 saturated heterocycles. The summed E-state index contributed by atoms with van der Waals surface area (Å²) in [5.41, 5.74) is 20.7. The highest BCUT2D eigenvalue weighted by atomic mass is 16.3. The standard InChI is InChI=1S/C70H72N2O2.C7H16/c1-7-9-10-11-13-23-52-32-39-58(40-33-52)71(60-27-18-26-57(47-60)63-28-16-21-48(3)68(63)73)61-43-34-53(50(5)46-61)37-44-62-51(6)54(20-8-2)38-45-66(62)72(59-41-35-56(36-42-59)55-24-14-12-15-25-55)67-31-19-30-65-64-29-17-22-49(4)69(64)74-70(65)67;1-3-5-7-6-4-2/h8,16-22,26-47,55,73H,7,9-15,23-25H2,1-6H3;3-7H2,1-2H3/b20-8-,44-37-;. The van der Waals surface area contributed by atoms with E-state index in [0.717, 1.165) is 95.9 Å². The molecule has 0 spiro atoms. The highest BCUT2D eigenvalue weighted by Crippen LogP contribution is 2.46. The number of phenolic OH excluding ortho intramolecular Hbond substituents is 1. The van der Waals surface area contributed by atoms with E-state index in [2.05, 4.69) is 222 Å². The molecule has 10 rings (SSSR count). The van der Waals surface area contributed by atoms with Gasteiger partial charge in [-0.15, -0.1) is 0 Å². The monoisotopic (exact) mass is 1070 g/mol. The first-order chi connectivity index (χ1) is 39.6. The number of furan rings is 1. The molecule has 9 aromatic rings. The quantitative estimate of drug-likeness (QED) is 0.0575. The van der Waals surface area contributed by atoms with Crippen molar-refractivity contribution in [1.29, 1.82) is 0 Å². The lowest BCUT2D eigenvalue weighted by Gasteiger charge is -2.29. The van der Waals surface area contributed by atoms with Gasteiger partial charge in [0.05, 0.1) is 11.4 Å². The molecule has 4 heteroatoms. The number of fused-ring (bicyclic) bond motifs is 3. The van der Waals surface area contributed by atoms with Gasteiger partial charge in [-0.05, 0) is 177 Å². The zero-order valence-corrected chi connectivity index (χ0v) is 50.0. The summed E-state index contributed by atoms with van der Waals surface area (Å²) in [7, 11) is 0. The van der Waals surface area contributed by atoms with Crippen molar-refractivity contribution in [2.45, 2.75) is 164 Å². The van der Waals surface area contributed by atoms with E-state index in [0.29, 0.717) is 11.7 Å². The molecule has 4 nitrogen and oxygen atoms in total. The molecule has 0 unspecified atom stereocenters. The van der Waals surface area contributed by atoms with Gasteiger partial charge in [0, 0.05) is 44.6 Å². The Kier molecular flexibility index (Phi) is 20.3. The van der Waals surface area contributed by atoms with Gasteiger partial charge in [0.1, 0.15) is 11.3 Å². The van der Waals surface area contributed by atoms with Crippen molar-refractivity contribution in [1.82, 2.24) is 0 Å². The van der Waals surface area contributed by atoms with Gasteiger partial charge in [-0.25, -0.2) is 0 Å². The van der Waals surface area contributed by atoms with Crippen LogP contribution in [-0.2, 0) is 6.42 Å². The van der Waals surface area contributed by atoms with E-state index in [4.69, 9.17) is 4.42 Å². The van der Waals surface area contributed by atoms with Crippen molar-refractivity contribution in [2.24, 2.45) is 0 Å². The predicted molar refractivity (Wildman–Crippen MR) is 352 cm³/mol. The Hall–Kier alpha value is -7.56. The normalized spacial score (nSPS) is 12.9. The van der Waals surface area contributed by atoms with Crippen LogP contribution in [0.2, 0.25) is 0 Å². The number of para-hydroxylation sites is 3. The molecular weight excluding hydrogens is 985 g/mol. The van der Waals surface area contributed by atoms with Crippen molar-refractivity contribution in [3.8, 4) is 16.9 Å². The van der Waals surface area contributed by atoms with Crippen molar-refractivity contribution in [3.05, 3.63) is 214 Å². The number of phenols is 1. The number of benzene rings is 8. The van der Waals surface area contributed by atoms with Gasteiger partial charge in [-0.3, -0.25) is 0 Å². The third-order valence-corrected chi connectivity index (χ3v) is 16.9. The van der Waals surface area contributed by atoms with Gasteiger partial charge >= 0.3 is 0 Å². The van der Waals surface area contributed by atoms with Crippen LogP contribution in [0.15, 0.2) is 168 Å². The SMILES string of the molecule is C/C=C\c1ccc(N(c2ccc(C3CCCCC3)cc2)c2cccc3c2oc2c(C)cccc23)c(/C=C\c2ccc(N(c3ccc(CCCCCCC)cc3)c3cccc(-c4cccc(C)c4O)c3)cc2C)c1C.CCCCCCC. The summed E-state index contributed by atoms with van der Waals surface area (Å²) in [6.07, 6.45) is 29.9. The highest BCUT2D eigenvalue weighted by molar-refractivity contribution is 6.11. The smallest absolute Gasteiger partial charge is 0.159 e. The highest BCUT2D eigenvalue weighted by Gasteiger charge is 2.24. The van der Waals surface area contributed by atoms with Crippen molar-refractivity contribution in [3.63, 3.8) is 0 Å². The Morgan fingerprint density at radius 1 is 0.494 bits per heavy atom. The Balaban J connectivity index is 0.00000106. The Bertz CT molecular complexity index is 3550. The molecule has 1 heterocycles. The third-order valence-electron chi connectivity index (χ3n) is 16.9. The van der Waals surface area contributed by atoms with Gasteiger partial charge in [-0.2, -0.15) is 0 Å². The average Bonchev–Trinajstić information content (AvgIpc) is 3.98. The predicted octanol–water partition coefficient (Wildman–Crippen LogP) is 23.9. The lowest BCUT2D eigenvalue weighted by Crippen LogP contribution is -2.13. The minimum Gasteiger partial charge on any atom is -0.507 e. The van der Waals surface area contributed by atoms with Crippen molar-refractivity contribution in [2.75, 3.05) is 9.80 Å². The van der Waals surface area contributed by atoms with E-state index in [1.54, 1.807) is 0 Å². The molecule has 418 valence electrons. The largest absolute Gasteiger partial charge is 0.507 e. The summed E-state index contributed by atoms with van der Waals surface area (Å²) in [6.45, 7) is 17.4. The first-order valence-electron chi connectivity index (χ1n) is 30.8. The maximum Gasteiger partial charge on any atom is 0.159 e. The van der Waals surface area contributed by atoms with E-state index in [9.17, 15) is 5.11 Å². The summed E-state index contributed by atoms with van der Waals surface area (Å²) in [5, 5.41) is 13.4. The van der Waals surface area contributed by atoms with Crippen LogP contribution in [0.3, 0.4) is 0 Å². The second-order valence-corrected chi connectivity index (χ2v) is 22.8. The van der Waals surface area contributed by atoms with E-state index in [1.807, 2.05) is 25.1 Å². The van der Waals surface area contributed by atoms with Crippen LogP contribution < -0.4 is 9.80 Å². The zero-order valence-electron chi connectivity index (χ0n) is 50.0. The first-order valence-corrected chi connectivity index (χ1v) is 30.8. The minimum absolute atomic E-state index is 0.318. The number of nitrogens with zero attached hydrogens (tertiary/aromatic N) is 2. The molecule has 0 aliphatic heterocycles. The molecule has 1 aliphatic rings. The molecule has 8 aromatic carbocycles. The fourth-order valence-corrected chi connectivity index (χ4v) is 12.1. The number of allylic oxidation sites excluding steroid dienone is 1. The minimum atomic E-state index is 0.318. The second kappa shape index (κ2) is 28.2. The molecule has 1 saturated carbocycles. The number of hydrogen-bond acceptors (Lipinski definition) is 4. The summed E-state index contributed by atoms with van der Waals surface area (Å²) in [6, 6.07) is 57.5. The van der Waals surface area contributed by atoms with Crippen LogP contribution in [0.4, 0.5) is 34.1 Å². The number of hydrogen-bond donors (Lipinski definition) is 1. The van der Waals surface area contributed by atoms with E-state index in [-0.39, 0.29) is 0 Å². The molecule has 1 fully saturated rings. The van der Waals surface area contributed by atoms with Gasteiger partial charge in [0.2, 0.25) is 0 Å². The molecule has 0 atom stereocenters. The number of rotatable bonds is 21. The summed E-state index contributed by atoms with van der Waals surface area (Å²) in [4.78, 5) is 4.77. The van der Waals surface area contributed by atoms with Crippen LogP contribution in [0.5, 0.6) is 5.75 Å². The lowest BCUT2D eigenvalue weighted by molar-refractivity contribution is 0.443. The van der Waals surface area contributed by atoms with Gasteiger partial charge in [0.15, 0.2) is 5.58 Å². The fourth-order valence-electron chi connectivity index (χ4n) is 12.1. The van der Waals surface area contributed by atoms with Crippen molar-refractivity contribution < 1.29 is 9.52 Å². The third kappa shape index (κ3) is 13.8. The van der Waals surface area contributed by atoms with Crippen LogP contribution in [-0.4, -0.2) is 5.11 Å². The van der Waals surface area contributed by atoms with Gasteiger partial charge in [-0.1, -0.05) is 219 Å². The maximum absolute atomic E-state index is 11.2. The summed E-state index contributed by atoms with van der Waals surface area (Å²) < 4.78 is 6.91. The molecule has 81 heavy (non-hydrogen) atoms. The number of anilines is 6. The van der Waals surface area contributed by atoms with E-state index < -0.39 is 0 Å². The summed E-state index contributed by atoms with van der Waals surface area (Å²) >= 11 is 0. The molecule has 1 aliphatic carbocycles. The second-order valence-electron chi connectivity index (χ2n) is 22.8. The van der Waals surface area contributed by atoms with Crippen LogP contribution in [0, 0.1) is 27.7 Å². The number of unbranched alkanes of at least 4 members (excludes halogenated alkanes) is 8. The van der Waals surface area contributed by atoms with Crippen LogP contribution >= 0.6 is 0 Å². The molecular formula is C77H88N2O2. The average molecular weight is 1070 g/mol. The van der Waals surface area contributed by atoms with Crippen LogP contribution in [0.25, 0.3) is 51.3 Å². The molecule has 1 aromatic heterocycles. The lowest BCUT2D eigenvalue weighted by atomic mass is 9.84. The fraction of sp³-hybridized carbons (Fsp3) is 0.325. The van der Waals surface area contributed by atoms with E-state index in [1.165, 1.54) is 124 Å². The molecule has 0 bridgehead atoms.